The smallest absolute Gasteiger partial charge is 0.138 e. The van der Waals surface area contributed by atoms with E-state index in [2.05, 4.69) is 6.07 Å². The Morgan fingerprint density at radius 2 is 2.45 bits per heavy atom. The van der Waals surface area contributed by atoms with E-state index >= 15 is 0 Å². The fourth-order valence-corrected chi connectivity index (χ4v) is 0.990. The second-order valence-corrected chi connectivity index (χ2v) is 2.24. The van der Waals surface area contributed by atoms with E-state index in [-0.39, 0.29) is 0 Å². The third kappa shape index (κ3) is 0.963. The molecule has 1 heterocycles. The Kier molecular flexibility index (Phi) is 1.32. The maximum absolute atomic E-state index is 5.15. The Morgan fingerprint density at radius 1 is 1.55 bits per heavy atom. The minimum Gasteiger partial charge on any atom is -0.497 e. The van der Waals surface area contributed by atoms with Crippen molar-refractivity contribution in [2.75, 3.05) is 7.11 Å². The van der Waals surface area contributed by atoms with Gasteiger partial charge in [0.05, 0.1) is 13.4 Å². The monoisotopic (exact) mass is 147 g/mol. The fourth-order valence-electron chi connectivity index (χ4n) is 0.990. The number of fused-ring (bicyclic) bond motifs is 1. The molecule has 0 saturated carbocycles. The van der Waals surface area contributed by atoms with Gasteiger partial charge in [0.15, 0.2) is 0 Å². The first-order valence-corrected chi connectivity index (χ1v) is 3.33. The van der Waals surface area contributed by atoms with Gasteiger partial charge in [-0.25, -0.2) is 0 Å². The summed E-state index contributed by atoms with van der Waals surface area (Å²) in [7, 11) is 1.62. The Bertz CT molecular complexity index is 362. The number of furan rings is 1. The van der Waals surface area contributed by atoms with Gasteiger partial charge in [-0.05, 0) is 18.2 Å². The van der Waals surface area contributed by atoms with Crippen LogP contribution < -0.4 is 4.74 Å². The first kappa shape index (κ1) is 6.28. The second kappa shape index (κ2) is 2.31. The lowest BCUT2D eigenvalue weighted by atomic mass is 10.2. The zero-order valence-corrected chi connectivity index (χ0v) is 6.13. The molecule has 2 nitrogen and oxygen atoms in total. The van der Waals surface area contributed by atoms with Crippen molar-refractivity contribution in [1.29, 1.82) is 0 Å². The quantitative estimate of drug-likeness (QED) is 0.617. The van der Waals surface area contributed by atoms with Gasteiger partial charge in [0.1, 0.15) is 11.3 Å². The van der Waals surface area contributed by atoms with Crippen LogP contribution in [-0.2, 0) is 0 Å². The Balaban J connectivity index is 2.67. The molecular formula is C9H7O2. The van der Waals surface area contributed by atoms with E-state index in [1.54, 1.807) is 19.4 Å². The van der Waals surface area contributed by atoms with Crippen LogP contribution in [0.25, 0.3) is 11.0 Å². The molecule has 11 heavy (non-hydrogen) atoms. The summed E-state index contributed by atoms with van der Waals surface area (Å²) in [5.41, 5.74) is 0.810. The molecule has 0 saturated heterocycles. The number of ether oxygens (including phenoxy) is 1. The Morgan fingerprint density at radius 3 is 3.27 bits per heavy atom. The van der Waals surface area contributed by atoms with E-state index < -0.39 is 0 Å². The van der Waals surface area contributed by atoms with Crippen LogP contribution in [0.4, 0.5) is 0 Å². The standard InChI is InChI=1S/C9H7O2/c1-10-8-3-2-7-4-5-11-9(7)6-8/h3-6H,1H3. The zero-order chi connectivity index (χ0) is 7.68. The first-order valence-electron chi connectivity index (χ1n) is 3.33. The van der Waals surface area contributed by atoms with Crippen molar-refractivity contribution < 1.29 is 9.15 Å². The minimum atomic E-state index is 0.771. The highest BCUT2D eigenvalue weighted by Crippen LogP contribution is 2.20. The van der Waals surface area contributed by atoms with Gasteiger partial charge in [-0.15, -0.1) is 0 Å². The van der Waals surface area contributed by atoms with Gasteiger partial charge in [0.2, 0.25) is 0 Å². The van der Waals surface area contributed by atoms with Gasteiger partial charge in [-0.2, -0.15) is 0 Å². The lowest BCUT2D eigenvalue weighted by Crippen LogP contribution is -1.80. The van der Waals surface area contributed by atoms with E-state index in [4.69, 9.17) is 9.15 Å². The molecule has 2 heteroatoms. The molecule has 0 aliphatic rings. The number of rotatable bonds is 1. The highest BCUT2D eigenvalue weighted by molar-refractivity contribution is 5.77. The zero-order valence-electron chi connectivity index (χ0n) is 6.13. The highest BCUT2D eigenvalue weighted by atomic mass is 16.5. The number of benzene rings is 1. The van der Waals surface area contributed by atoms with Crippen molar-refractivity contribution in [3.63, 3.8) is 0 Å². The number of hydrogen-bond donors (Lipinski definition) is 0. The Hall–Kier alpha value is -1.44. The van der Waals surface area contributed by atoms with E-state index in [0.29, 0.717) is 0 Å². The summed E-state index contributed by atoms with van der Waals surface area (Å²) in [6.07, 6.45) is 1.64. The Labute approximate surface area is 64.4 Å². The van der Waals surface area contributed by atoms with Crippen LogP contribution in [0.5, 0.6) is 5.75 Å². The maximum Gasteiger partial charge on any atom is 0.138 e. The van der Waals surface area contributed by atoms with Crippen molar-refractivity contribution in [2.45, 2.75) is 0 Å². The van der Waals surface area contributed by atoms with Crippen molar-refractivity contribution >= 4 is 11.0 Å². The number of hydrogen-bond acceptors (Lipinski definition) is 2. The summed E-state index contributed by atoms with van der Waals surface area (Å²) < 4.78 is 10.1. The van der Waals surface area contributed by atoms with Crippen molar-refractivity contribution in [1.82, 2.24) is 0 Å². The van der Waals surface area contributed by atoms with Crippen LogP contribution in [0.15, 0.2) is 28.9 Å². The molecule has 0 amide bonds. The van der Waals surface area contributed by atoms with E-state index in [1.807, 2.05) is 12.1 Å². The average Bonchev–Trinajstić information content (AvgIpc) is 2.50. The molecule has 0 aliphatic carbocycles. The molecule has 0 atom stereocenters. The molecule has 0 aliphatic heterocycles. The molecule has 1 aromatic heterocycles. The van der Waals surface area contributed by atoms with Gasteiger partial charge in [0, 0.05) is 11.5 Å². The summed E-state index contributed by atoms with van der Waals surface area (Å²) in [5.74, 6) is 0.771. The van der Waals surface area contributed by atoms with Gasteiger partial charge < -0.3 is 9.15 Å². The molecule has 0 N–H and O–H groups in total. The lowest BCUT2D eigenvalue weighted by molar-refractivity contribution is 0.414. The van der Waals surface area contributed by atoms with Crippen LogP contribution >= 0.6 is 0 Å². The largest absolute Gasteiger partial charge is 0.497 e. The molecule has 0 unspecified atom stereocenters. The first-order chi connectivity index (χ1) is 5.40. The predicted molar refractivity (Wildman–Crippen MR) is 41.6 cm³/mol. The van der Waals surface area contributed by atoms with E-state index in [0.717, 1.165) is 16.7 Å². The summed E-state index contributed by atoms with van der Waals surface area (Å²) in [6.45, 7) is 0. The van der Waals surface area contributed by atoms with Crippen molar-refractivity contribution in [3.05, 3.63) is 30.5 Å². The maximum atomic E-state index is 5.15. The molecule has 55 valence electrons. The number of methoxy groups -OCH3 is 1. The average molecular weight is 147 g/mol. The van der Waals surface area contributed by atoms with Crippen molar-refractivity contribution in [3.8, 4) is 5.75 Å². The fraction of sp³-hybridized carbons (Fsp3) is 0.111. The molecule has 1 radical (unpaired) electrons. The SMILES string of the molecule is COc1c[c]c2ccoc2c1. The van der Waals surface area contributed by atoms with Gasteiger partial charge in [-0.3, -0.25) is 0 Å². The van der Waals surface area contributed by atoms with Crippen LogP contribution in [0.3, 0.4) is 0 Å². The molecule has 2 aromatic rings. The molecule has 1 aromatic carbocycles. The van der Waals surface area contributed by atoms with Crippen LogP contribution in [0.1, 0.15) is 0 Å². The van der Waals surface area contributed by atoms with Gasteiger partial charge in [-0.1, -0.05) is 0 Å². The second-order valence-electron chi connectivity index (χ2n) is 2.24. The third-order valence-electron chi connectivity index (χ3n) is 1.57. The summed E-state index contributed by atoms with van der Waals surface area (Å²) in [5, 5.41) is 0.978. The lowest BCUT2D eigenvalue weighted by Gasteiger charge is -1.96. The normalized spacial score (nSPS) is 10.3. The van der Waals surface area contributed by atoms with E-state index in [9.17, 15) is 0 Å². The van der Waals surface area contributed by atoms with Crippen LogP contribution in [0.2, 0.25) is 0 Å². The van der Waals surface area contributed by atoms with Crippen LogP contribution in [-0.4, -0.2) is 7.11 Å². The van der Waals surface area contributed by atoms with Crippen LogP contribution in [0, 0.1) is 6.07 Å². The molecule has 0 fully saturated rings. The molecular weight excluding hydrogens is 140 g/mol. The summed E-state index contributed by atoms with van der Waals surface area (Å²) >= 11 is 0. The third-order valence-corrected chi connectivity index (χ3v) is 1.57. The van der Waals surface area contributed by atoms with E-state index in [1.165, 1.54) is 0 Å². The van der Waals surface area contributed by atoms with Gasteiger partial charge >= 0.3 is 0 Å². The van der Waals surface area contributed by atoms with Gasteiger partial charge in [0.25, 0.3) is 0 Å². The molecule has 2 rings (SSSR count). The predicted octanol–water partition coefficient (Wildman–Crippen LogP) is 2.24. The highest BCUT2D eigenvalue weighted by Gasteiger charge is 1.97. The minimum absolute atomic E-state index is 0.771. The van der Waals surface area contributed by atoms with Crippen molar-refractivity contribution in [2.24, 2.45) is 0 Å². The topological polar surface area (TPSA) is 22.4 Å². The summed E-state index contributed by atoms with van der Waals surface area (Å²) in [4.78, 5) is 0. The molecule has 0 spiro atoms. The summed E-state index contributed by atoms with van der Waals surface area (Å²) in [6, 6.07) is 8.53. The molecule has 0 bridgehead atoms.